The van der Waals surface area contributed by atoms with Gasteiger partial charge in [-0.15, -0.1) is 12.4 Å². The minimum absolute atomic E-state index is 0. The number of halogens is 1. The van der Waals surface area contributed by atoms with Crippen molar-refractivity contribution in [3.63, 3.8) is 0 Å². The Kier molecular flexibility index (Phi) is 9.21. The van der Waals surface area contributed by atoms with Crippen molar-refractivity contribution in [1.82, 2.24) is 10.6 Å². The van der Waals surface area contributed by atoms with Crippen LogP contribution in [-0.2, 0) is 4.79 Å². The molecule has 22 heavy (non-hydrogen) atoms. The van der Waals surface area contributed by atoms with E-state index in [9.17, 15) is 9.59 Å². The third-order valence-electron chi connectivity index (χ3n) is 3.03. The average Bonchev–Trinajstić information content (AvgIpc) is 2.49. The molecule has 0 aromatic heterocycles. The summed E-state index contributed by atoms with van der Waals surface area (Å²) in [5.41, 5.74) is 5.84. The maximum Gasteiger partial charge on any atom is 0.251 e. The second kappa shape index (κ2) is 10.0. The van der Waals surface area contributed by atoms with E-state index in [1.165, 1.54) is 0 Å². The third kappa shape index (κ3) is 5.91. The van der Waals surface area contributed by atoms with Crippen molar-refractivity contribution in [2.75, 3.05) is 20.2 Å². The van der Waals surface area contributed by atoms with Gasteiger partial charge >= 0.3 is 0 Å². The van der Waals surface area contributed by atoms with Gasteiger partial charge in [0.1, 0.15) is 11.8 Å². The highest BCUT2D eigenvalue weighted by Gasteiger charge is 2.24. The molecule has 4 N–H and O–H groups in total. The second-order valence-electron chi connectivity index (χ2n) is 5.00. The molecule has 1 aromatic carbocycles. The van der Waals surface area contributed by atoms with Crippen LogP contribution in [-0.4, -0.2) is 38.1 Å². The van der Waals surface area contributed by atoms with E-state index < -0.39 is 6.04 Å². The Morgan fingerprint density at radius 1 is 1.23 bits per heavy atom. The van der Waals surface area contributed by atoms with Gasteiger partial charge in [0.05, 0.1) is 7.11 Å². The van der Waals surface area contributed by atoms with Crippen LogP contribution in [0.25, 0.3) is 0 Å². The average molecular weight is 330 g/mol. The zero-order valence-corrected chi connectivity index (χ0v) is 13.9. The first-order valence-corrected chi connectivity index (χ1v) is 6.92. The molecule has 0 spiro atoms. The van der Waals surface area contributed by atoms with Crippen molar-refractivity contribution < 1.29 is 14.3 Å². The summed E-state index contributed by atoms with van der Waals surface area (Å²) in [5, 5.41) is 5.44. The number of nitrogens with one attached hydrogen (secondary N) is 2. The summed E-state index contributed by atoms with van der Waals surface area (Å²) in [5.74, 6) is 0.134. The zero-order chi connectivity index (χ0) is 15.8. The van der Waals surface area contributed by atoms with Gasteiger partial charge in [-0.3, -0.25) is 9.59 Å². The van der Waals surface area contributed by atoms with Crippen LogP contribution in [0.4, 0.5) is 0 Å². The van der Waals surface area contributed by atoms with Crippen LogP contribution in [0.1, 0.15) is 24.2 Å². The molecule has 0 aliphatic heterocycles. The standard InChI is InChI=1S/C15H23N3O3.ClH/c1-10(2)13(15(20)17-9-8-16)18-14(19)11-4-6-12(21-3)7-5-11;/h4-7,10,13H,8-9,16H2,1-3H3,(H,17,20)(H,18,19);1H. The Morgan fingerprint density at radius 2 is 1.82 bits per heavy atom. The number of methoxy groups -OCH3 is 1. The largest absolute Gasteiger partial charge is 0.497 e. The predicted octanol–water partition coefficient (Wildman–Crippen LogP) is 0.946. The summed E-state index contributed by atoms with van der Waals surface area (Å²) < 4.78 is 5.04. The summed E-state index contributed by atoms with van der Waals surface area (Å²) in [6.07, 6.45) is 0. The van der Waals surface area contributed by atoms with Crippen molar-refractivity contribution >= 4 is 24.2 Å². The summed E-state index contributed by atoms with van der Waals surface area (Å²) in [7, 11) is 1.56. The van der Waals surface area contributed by atoms with Crippen LogP contribution in [0.15, 0.2) is 24.3 Å². The summed E-state index contributed by atoms with van der Waals surface area (Å²) in [6, 6.07) is 6.12. The van der Waals surface area contributed by atoms with E-state index in [-0.39, 0.29) is 30.1 Å². The zero-order valence-electron chi connectivity index (χ0n) is 13.1. The van der Waals surface area contributed by atoms with Gasteiger partial charge in [0.25, 0.3) is 5.91 Å². The quantitative estimate of drug-likeness (QED) is 0.694. The fraction of sp³-hybridized carbons (Fsp3) is 0.467. The Morgan fingerprint density at radius 3 is 2.27 bits per heavy atom. The highest BCUT2D eigenvalue weighted by Crippen LogP contribution is 2.12. The van der Waals surface area contributed by atoms with Gasteiger partial charge in [-0.2, -0.15) is 0 Å². The first kappa shape index (κ1) is 20.2. The normalized spacial score (nSPS) is 11.3. The first-order valence-electron chi connectivity index (χ1n) is 6.92. The Balaban J connectivity index is 0.00000441. The molecule has 0 bridgehead atoms. The van der Waals surface area contributed by atoms with Gasteiger partial charge in [0.2, 0.25) is 5.91 Å². The van der Waals surface area contributed by atoms with E-state index in [1.807, 2.05) is 13.8 Å². The number of carbonyl (C=O) groups is 2. The second-order valence-corrected chi connectivity index (χ2v) is 5.00. The Hall–Kier alpha value is -1.79. The van der Waals surface area contributed by atoms with Crippen molar-refractivity contribution in [2.24, 2.45) is 11.7 Å². The minimum Gasteiger partial charge on any atom is -0.497 e. The first-order chi connectivity index (χ1) is 9.99. The molecule has 1 atom stereocenters. The lowest BCUT2D eigenvalue weighted by molar-refractivity contribution is -0.123. The highest BCUT2D eigenvalue weighted by atomic mass is 35.5. The molecule has 124 valence electrons. The van der Waals surface area contributed by atoms with Gasteiger partial charge in [0.15, 0.2) is 0 Å². The number of benzene rings is 1. The van der Waals surface area contributed by atoms with Crippen LogP contribution in [0.3, 0.4) is 0 Å². The number of rotatable bonds is 7. The third-order valence-corrected chi connectivity index (χ3v) is 3.03. The van der Waals surface area contributed by atoms with Crippen LogP contribution in [0.5, 0.6) is 5.75 Å². The molecule has 1 rings (SSSR count). The smallest absolute Gasteiger partial charge is 0.251 e. The molecule has 0 aliphatic carbocycles. The number of ether oxygens (including phenoxy) is 1. The van der Waals surface area contributed by atoms with E-state index in [4.69, 9.17) is 10.5 Å². The molecule has 1 aromatic rings. The molecule has 0 aliphatic rings. The van der Waals surface area contributed by atoms with E-state index >= 15 is 0 Å². The monoisotopic (exact) mass is 329 g/mol. The molecule has 0 saturated carbocycles. The Bertz CT molecular complexity index is 477. The van der Waals surface area contributed by atoms with Gasteiger partial charge in [-0.25, -0.2) is 0 Å². The molecule has 6 nitrogen and oxygen atoms in total. The molecular formula is C15H24ClN3O3. The van der Waals surface area contributed by atoms with Crippen LogP contribution >= 0.6 is 12.4 Å². The number of nitrogens with two attached hydrogens (primary N) is 1. The minimum atomic E-state index is -0.592. The fourth-order valence-electron chi connectivity index (χ4n) is 1.81. The fourth-order valence-corrected chi connectivity index (χ4v) is 1.81. The number of amides is 2. The lowest BCUT2D eigenvalue weighted by Crippen LogP contribution is -2.50. The van der Waals surface area contributed by atoms with Crippen molar-refractivity contribution in [3.05, 3.63) is 29.8 Å². The number of carbonyl (C=O) groups excluding carboxylic acids is 2. The summed E-state index contributed by atoms with van der Waals surface area (Å²) >= 11 is 0. The van der Waals surface area contributed by atoms with Crippen molar-refractivity contribution in [1.29, 1.82) is 0 Å². The van der Waals surface area contributed by atoms with Crippen LogP contribution < -0.4 is 21.1 Å². The predicted molar refractivity (Wildman–Crippen MR) is 88.4 cm³/mol. The van der Waals surface area contributed by atoms with Gasteiger partial charge in [-0.05, 0) is 30.2 Å². The molecular weight excluding hydrogens is 306 g/mol. The summed E-state index contributed by atoms with van der Waals surface area (Å²) in [6.45, 7) is 4.51. The van der Waals surface area contributed by atoms with Crippen molar-refractivity contribution in [3.8, 4) is 5.75 Å². The van der Waals surface area contributed by atoms with E-state index in [0.717, 1.165) is 0 Å². The van der Waals surface area contributed by atoms with E-state index in [1.54, 1.807) is 31.4 Å². The van der Waals surface area contributed by atoms with Crippen LogP contribution in [0.2, 0.25) is 0 Å². The van der Waals surface area contributed by atoms with E-state index in [2.05, 4.69) is 10.6 Å². The summed E-state index contributed by atoms with van der Waals surface area (Å²) in [4.78, 5) is 24.2. The van der Waals surface area contributed by atoms with Gasteiger partial charge < -0.3 is 21.1 Å². The topological polar surface area (TPSA) is 93.4 Å². The molecule has 1 unspecified atom stereocenters. The van der Waals surface area contributed by atoms with Gasteiger partial charge in [-0.1, -0.05) is 13.8 Å². The SMILES string of the molecule is COc1ccc(C(=O)NC(C(=O)NCCN)C(C)C)cc1.Cl. The van der Waals surface area contributed by atoms with Crippen molar-refractivity contribution in [2.45, 2.75) is 19.9 Å². The molecule has 0 saturated heterocycles. The maximum atomic E-state index is 12.2. The molecule has 0 heterocycles. The van der Waals surface area contributed by atoms with Crippen LogP contribution in [0, 0.1) is 5.92 Å². The number of hydrogen-bond acceptors (Lipinski definition) is 4. The lowest BCUT2D eigenvalue weighted by Gasteiger charge is -2.21. The lowest BCUT2D eigenvalue weighted by atomic mass is 10.0. The maximum absolute atomic E-state index is 12.2. The van der Waals surface area contributed by atoms with Gasteiger partial charge in [0, 0.05) is 18.7 Å². The highest BCUT2D eigenvalue weighted by molar-refractivity contribution is 5.97. The van der Waals surface area contributed by atoms with E-state index in [0.29, 0.717) is 24.4 Å². The molecule has 0 fully saturated rings. The molecule has 2 amide bonds. The molecule has 7 heteroatoms. The Labute approximate surface area is 137 Å². The number of hydrogen-bond donors (Lipinski definition) is 3. The molecule has 0 radical (unpaired) electrons.